The molecule has 0 bridgehead atoms. The summed E-state index contributed by atoms with van der Waals surface area (Å²) in [4.78, 5) is 15.5. The average Bonchev–Trinajstić information content (AvgIpc) is 2.25. The number of hydrogen-bond acceptors (Lipinski definition) is 4. The predicted molar refractivity (Wildman–Crippen MR) is 56.9 cm³/mol. The standard InChI is InChI=1S/C11H10N2O3/c14-9-4-6-5-10(15)13(16)8-3-1-2-7(12-9)11(6)8/h4-5,14,16H,1-3H2. The van der Waals surface area contributed by atoms with E-state index in [0.717, 1.165) is 23.9 Å². The normalized spacial score (nSPS) is 14.2. The van der Waals surface area contributed by atoms with Crippen molar-refractivity contribution in [2.45, 2.75) is 19.3 Å². The zero-order valence-corrected chi connectivity index (χ0v) is 8.47. The summed E-state index contributed by atoms with van der Waals surface area (Å²) in [5, 5.41) is 20.5. The summed E-state index contributed by atoms with van der Waals surface area (Å²) in [6.07, 6.45) is 2.24. The Balaban J connectivity index is 2.56. The van der Waals surface area contributed by atoms with Gasteiger partial charge >= 0.3 is 0 Å². The lowest BCUT2D eigenvalue weighted by Crippen LogP contribution is -2.23. The second-order valence-corrected chi connectivity index (χ2v) is 3.99. The van der Waals surface area contributed by atoms with E-state index in [-0.39, 0.29) is 5.88 Å². The van der Waals surface area contributed by atoms with Crippen molar-refractivity contribution in [2.24, 2.45) is 0 Å². The Morgan fingerprint density at radius 3 is 2.94 bits per heavy atom. The third kappa shape index (κ3) is 1.11. The van der Waals surface area contributed by atoms with Crippen molar-refractivity contribution in [1.29, 1.82) is 0 Å². The summed E-state index contributed by atoms with van der Waals surface area (Å²) in [5.41, 5.74) is 0.872. The fourth-order valence-electron chi connectivity index (χ4n) is 2.32. The molecule has 0 saturated carbocycles. The van der Waals surface area contributed by atoms with E-state index in [0.29, 0.717) is 22.2 Å². The van der Waals surface area contributed by atoms with Gasteiger partial charge in [-0.15, -0.1) is 0 Å². The van der Waals surface area contributed by atoms with E-state index in [9.17, 15) is 15.1 Å². The summed E-state index contributed by atoms with van der Waals surface area (Å²) in [7, 11) is 0. The first-order valence-corrected chi connectivity index (χ1v) is 5.13. The van der Waals surface area contributed by atoms with Gasteiger partial charge in [0.15, 0.2) is 0 Å². The summed E-state index contributed by atoms with van der Waals surface area (Å²) in [6.45, 7) is 0. The van der Waals surface area contributed by atoms with Crippen LogP contribution in [-0.2, 0) is 12.8 Å². The molecule has 0 aromatic carbocycles. The summed E-state index contributed by atoms with van der Waals surface area (Å²) >= 11 is 0. The van der Waals surface area contributed by atoms with Gasteiger partial charge in [0.25, 0.3) is 5.56 Å². The number of pyridine rings is 2. The molecule has 3 rings (SSSR count). The van der Waals surface area contributed by atoms with Crippen LogP contribution in [0.3, 0.4) is 0 Å². The molecule has 16 heavy (non-hydrogen) atoms. The molecule has 2 aromatic rings. The van der Waals surface area contributed by atoms with Crippen LogP contribution in [0.1, 0.15) is 17.8 Å². The molecule has 0 fully saturated rings. The van der Waals surface area contributed by atoms with Crippen LogP contribution >= 0.6 is 0 Å². The molecular weight excluding hydrogens is 208 g/mol. The highest BCUT2D eigenvalue weighted by atomic mass is 16.5. The second-order valence-electron chi connectivity index (χ2n) is 3.99. The minimum Gasteiger partial charge on any atom is -0.493 e. The largest absolute Gasteiger partial charge is 0.493 e. The van der Waals surface area contributed by atoms with E-state index in [1.807, 2.05) is 0 Å². The highest BCUT2D eigenvalue weighted by Gasteiger charge is 2.19. The van der Waals surface area contributed by atoms with Gasteiger partial charge in [-0.25, -0.2) is 4.98 Å². The van der Waals surface area contributed by atoms with E-state index >= 15 is 0 Å². The fraction of sp³-hybridized carbons (Fsp3) is 0.273. The first kappa shape index (κ1) is 9.21. The molecule has 5 nitrogen and oxygen atoms in total. The Bertz CT molecular complexity index is 646. The van der Waals surface area contributed by atoms with Gasteiger partial charge in [0.2, 0.25) is 5.88 Å². The van der Waals surface area contributed by atoms with Gasteiger partial charge in [0.05, 0.1) is 11.4 Å². The minimum absolute atomic E-state index is 0.0783. The van der Waals surface area contributed by atoms with E-state index in [1.165, 1.54) is 12.1 Å². The summed E-state index contributed by atoms with van der Waals surface area (Å²) < 4.78 is 0.684. The summed E-state index contributed by atoms with van der Waals surface area (Å²) in [6, 6.07) is 2.77. The molecule has 0 saturated heterocycles. The number of nitrogens with zero attached hydrogens (tertiary/aromatic N) is 2. The first-order valence-electron chi connectivity index (χ1n) is 5.13. The van der Waals surface area contributed by atoms with Crippen LogP contribution in [0, 0.1) is 0 Å². The Morgan fingerprint density at radius 2 is 2.12 bits per heavy atom. The van der Waals surface area contributed by atoms with Gasteiger partial charge in [-0.3, -0.25) is 4.79 Å². The van der Waals surface area contributed by atoms with Gasteiger partial charge in [0.1, 0.15) is 0 Å². The molecule has 2 N–H and O–H groups in total. The van der Waals surface area contributed by atoms with Crippen LogP contribution in [0.15, 0.2) is 16.9 Å². The maximum Gasteiger partial charge on any atom is 0.283 e. The molecule has 2 heterocycles. The molecule has 5 heteroatoms. The lowest BCUT2D eigenvalue weighted by atomic mass is 9.96. The molecule has 0 spiro atoms. The van der Waals surface area contributed by atoms with Crippen molar-refractivity contribution in [1.82, 2.24) is 9.71 Å². The smallest absolute Gasteiger partial charge is 0.283 e. The molecule has 2 aromatic heterocycles. The predicted octanol–water partition coefficient (Wildman–Crippen LogP) is 0.828. The van der Waals surface area contributed by atoms with E-state index in [2.05, 4.69) is 4.98 Å². The van der Waals surface area contributed by atoms with Crippen LogP contribution in [0.4, 0.5) is 0 Å². The molecule has 1 aliphatic carbocycles. The van der Waals surface area contributed by atoms with Gasteiger partial charge in [0, 0.05) is 17.5 Å². The van der Waals surface area contributed by atoms with E-state index in [1.54, 1.807) is 0 Å². The number of hydrogen-bond donors (Lipinski definition) is 2. The average molecular weight is 218 g/mol. The Kier molecular flexibility index (Phi) is 1.71. The van der Waals surface area contributed by atoms with Crippen LogP contribution < -0.4 is 5.56 Å². The van der Waals surface area contributed by atoms with Crippen molar-refractivity contribution in [2.75, 3.05) is 0 Å². The lowest BCUT2D eigenvalue weighted by molar-refractivity contribution is 0.166. The van der Waals surface area contributed by atoms with E-state index < -0.39 is 5.56 Å². The van der Waals surface area contributed by atoms with Crippen molar-refractivity contribution >= 4 is 10.8 Å². The molecule has 0 aliphatic heterocycles. The zero-order chi connectivity index (χ0) is 11.3. The molecular formula is C11H10N2O3. The topological polar surface area (TPSA) is 75.3 Å². The van der Waals surface area contributed by atoms with Crippen molar-refractivity contribution < 1.29 is 10.3 Å². The van der Waals surface area contributed by atoms with Crippen LogP contribution in [0.25, 0.3) is 10.8 Å². The maximum atomic E-state index is 11.5. The van der Waals surface area contributed by atoms with Crippen LogP contribution in [0.5, 0.6) is 5.88 Å². The Labute approximate surface area is 90.6 Å². The number of aromatic hydroxyl groups is 1. The molecule has 82 valence electrons. The number of aromatic nitrogens is 2. The molecule has 0 unspecified atom stereocenters. The number of rotatable bonds is 0. The van der Waals surface area contributed by atoms with Crippen LogP contribution in [-0.4, -0.2) is 20.0 Å². The van der Waals surface area contributed by atoms with Gasteiger partial charge in [-0.1, -0.05) is 0 Å². The lowest BCUT2D eigenvalue weighted by Gasteiger charge is -2.17. The quantitative estimate of drug-likeness (QED) is 0.642. The third-order valence-electron chi connectivity index (χ3n) is 2.97. The maximum absolute atomic E-state index is 11.5. The summed E-state index contributed by atoms with van der Waals surface area (Å²) in [5.74, 6) is -0.0783. The molecule has 0 amide bonds. The third-order valence-corrected chi connectivity index (χ3v) is 2.97. The fourth-order valence-corrected chi connectivity index (χ4v) is 2.32. The Morgan fingerprint density at radius 1 is 1.31 bits per heavy atom. The van der Waals surface area contributed by atoms with Gasteiger partial charge < -0.3 is 10.3 Å². The highest BCUT2D eigenvalue weighted by molar-refractivity contribution is 5.88. The van der Waals surface area contributed by atoms with Crippen molar-refractivity contribution in [3.05, 3.63) is 33.9 Å². The zero-order valence-electron chi connectivity index (χ0n) is 8.47. The van der Waals surface area contributed by atoms with E-state index in [4.69, 9.17) is 0 Å². The monoisotopic (exact) mass is 218 g/mol. The van der Waals surface area contributed by atoms with Gasteiger partial charge in [-0.2, -0.15) is 4.73 Å². The Hall–Kier alpha value is -2.04. The van der Waals surface area contributed by atoms with Crippen LogP contribution in [0.2, 0.25) is 0 Å². The number of aryl methyl sites for hydroxylation is 2. The molecule has 0 radical (unpaired) electrons. The SMILES string of the molecule is O=c1cc2cc(O)nc3c2c(n1O)CCC3. The highest BCUT2D eigenvalue weighted by Crippen LogP contribution is 2.28. The molecule has 1 aliphatic rings. The second kappa shape index (κ2) is 2.98. The first-order chi connectivity index (χ1) is 7.66. The van der Waals surface area contributed by atoms with Crippen molar-refractivity contribution in [3.63, 3.8) is 0 Å². The molecule has 0 atom stereocenters. The minimum atomic E-state index is -0.471. The van der Waals surface area contributed by atoms with Gasteiger partial charge in [-0.05, 0) is 24.6 Å². The van der Waals surface area contributed by atoms with Crippen molar-refractivity contribution in [3.8, 4) is 5.88 Å².